The molecule has 5 aromatic rings. The molecule has 0 fully saturated rings. The van der Waals surface area contributed by atoms with Gasteiger partial charge in [0.2, 0.25) is 0 Å². The van der Waals surface area contributed by atoms with Crippen LogP contribution >= 0.6 is 35.3 Å². The summed E-state index contributed by atoms with van der Waals surface area (Å²) in [6.45, 7) is 0.465. The normalized spacial score (nSPS) is 11.0. The fourth-order valence-electron chi connectivity index (χ4n) is 3.39. The van der Waals surface area contributed by atoms with Crippen LogP contribution in [0.4, 0.5) is 0 Å². The molecule has 5 rings (SSSR count). The number of fused-ring (bicyclic) bond motifs is 2. The number of benzene rings is 1. The van der Waals surface area contributed by atoms with Gasteiger partial charge < -0.3 is 0 Å². The standard InChI is InChI=1S/C22H15ClN4OS.ClH/c23-16-2-4-19-15(11-16)1-3-17(26-19)7-10-27-22(28)21-18(13-29-20(21)12-25-27)14-5-8-24-9-6-14;/h1-6,8-9,11-13H,7,10H2;1H. The third-order valence-electron chi connectivity index (χ3n) is 4.86. The van der Waals surface area contributed by atoms with Crippen molar-refractivity contribution in [3.8, 4) is 11.1 Å². The molecular weight excluding hydrogens is 439 g/mol. The van der Waals surface area contributed by atoms with Gasteiger partial charge in [0.1, 0.15) is 0 Å². The van der Waals surface area contributed by atoms with Crippen LogP contribution in [0.3, 0.4) is 0 Å². The Hall–Kier alpha value is -2.80. The molecular formula is C22H16Cl2N4OS. The van der Waals surface area contributed by atoms with Gasteiger partial charge in [0.25, 0.3) is 5.56 Å². The highest BCUT2D eigenvalue weighted by Gasteiger charge is 2.13. The number of halogens is 2. The molecule has 0 bridgehead atoms. The zero-order valence-electron chi connectivity index (χ0n) is 15.7. The summed E-state index contributed by atoms with van der Waals surface area (Å²) in [6.07, 6.45) is 5.85. The average molecular weight is 455 g/mol. The Morgan fingerprint density at radius 1 is 1.07 bits per heavy atom. The highest BCUT2D eigenvalue weighted by molar-refractivity contribution is 7.17. The van der Waals surface area contributed by atoms with Crippen LogP contribution in [0.5, 0.6) is 0 Å². The van der Waals surface area contributed by atoms with Gasteiger partial charge in [-0.3, -0.25) is 14.8 Å². The first-order valence-electron chi connectivity index (χ1n) is 9.12. The first-order valence-corrected chi connectivity index (χ1v) is 10.4. The smallest absolute Gasteiger partial charge is 0.267 e. The Kier molecular flexibility index (Phi) is 5.81. The Labute approximate surface area is 187 Å². The number of aryl methyl sites for hydroxylation is 2. The van der Waals surface area contributed by atoms with E-state index in [0.29, 0.717) is 23.4 Å². The zero-order valence-corrected chi connectivity index (χ0v) is 18.0. The summed E-state index contributed by atoms with van der Waals surface area (Å²) < 4.78 is 2.41. The second kappa shape index (κ2) is 8.52. The van der Waals surface area contributed by atoms with Gasteiger partial charge >= 0.3 is 0 Å². The molecule has 0 N–H and O–H groups in total. The van der Waals surface area contributed by atoms with Gasteiger partial charge in [0.15, 0.2) is 0 Å². The minimum absolute atomic E-state index is 0. The number of pyridine rings is 2. The van der Waals surface area contributed by atoms with Gasteiger partial charge in [-0.2, -0.15) is 5.10 Å². The Bertz CT molecular complexity index is 1400. The van der Waals surface area contributed by atoms with Gasteiger partial charge in [0.05, 0.1) is 28.3 Å². The molecule has 30 heavy (non-hydrogen) atoms. The Balaban J connectivity index is 0.00000218. The third kappa shape index (κ3) is 3.81. The van der Waals surface area contributed by atoms with E-state index in [4.69, 9.17) is 11.6 Å². The second-order valence-electron chi connectivity index (χ2n) is 6.69. The maximum absolute atomic E-state index is 13.1. The lowest BCUT2D eigenvalue weighted by Crippen LogP contribution is -2.23. The van der Waals surface area contributed by atoms with Crippen molar-refractivity contribution in [1.82, 2.24) is 19.7 Å². The van der Waals surface area contributed by atoms with E-state index in [1.807, 2.05) is 47.8 Å². The molecule has 0 aliphatic heterocycles. The lowest BCUT2D eigenvalue weighted by Gasteiger charge is -2.07. The summed E-state index contributed by atoms with van der Waals surface area (Å²) in [5.74, 6) is 0. The molecule has 0 saturated carbocycles. The van der Waals surface area contributed by atoms with Crippen molar-refractivity contribution >= 4 is 56.3 Å². The quantitative estimate of drug-likeness (QED) is 0.365. The van der Waals surface area contributed by atoms with Crippen molar-refractivity contribution in [2.45, 2.75) is 13.0 Å². The van der Waals surface area contributed by atoms with Crippen LogP contribution in [-0.4, -0.2) is 19.7 Å². The highest BCUT2D eigenvalue weighted by atomic mass is 35.5. The number of nitrogens with zero attached hydrogens (tertiary/aromatic N) is 4. The van der Waals surface area contributed by atoms with E-state index in [2.05, 4.69) is 15.1 Å². The molecule has 0 unspecified atom stereocenters. The average Bonchev–Trinajstić information content (AvgIpc) is 3.19. The minimum atomic E-state index is -0.0804. The fraction of sp³-hybridized carbons (Fsp3) is 0.0909. The van der Waals surface area contributed by atoms with Crippen LogP contribution in [0.15, 0.2) is 71.2 Å². The fourth-order valence-corrected chi connectivity index (χ4v) is 4.50. The van der Waals surface area contributed by atoms with Crippen LogP contribution in [-0.2, 0) is 13.0 Å². The SMILES string of the molecule is Cl.O=c1c2c(-c3ccncc3)csc2cnn1CCc1ccc2cc(Cl)ccc2n1. The molecule has 0 amide bonds. The largest absolute Gasteiger partial charge is 0.276 e. The van der Waals surface area contributed by atoms with E-state index in [0.717, 1.165) is 32.4 Å². The summed E-state index contributed by atoms with van der Waals surface area (Å²) in [5, 5.41) is 8.76. The first-order chi connectivity index (χ1) is 14.2. The van der Waals surface area contributed by atoms with Crippen LogP contribution in [0.25, 0.3) is 32.1 Å². The molecule has 1 aromatic carbocycles. The Morgan fingerprint density at radius 2 is 1.90 bits per heavy atom. The number of thiophene rings is 1. The van der Waals surface area contributed by atoms with Gasteiger partial charge in [-0.15, -0.1) is 23.7 Å². The van der Waals surface area contributed by atoms with Crippen LogP contribution in [0, 0.1) is 0 Å². The van der Waals surface area contributed by atoms with Gasteiger partial charge in [-0.05, 0) is 42.0 Å². The maximum Gasteiger partial charge on any atom is 0.276 e. The third-order valence-corrected chi connectivity index (χ3v) is 6.01. The van der Waals surface area contributed by atoms with E-state index in [1.54, 1.807) is 18.6 Å². The molecule has 0 atom stereocenters. The molecule has 4 heterocycles. The van der Waals surface area contributed by atoms with Crippen LogP contribution < -0.4 is 5.56 Å². The molecule has 8 heteroatoms. The molecule has 5 nitrogen and oxygen atoms in total. The van der Waals surface area contributed by atoms with Crippen molar-refractivity contribution < 1.29 is 0 Å². The van der Waals surface area contributed by atoms with Gasteiger partial charge in [-0.25, -0.2) is 4.68 Å². The van der Waals surface area contributed by atoms with E-state index < -0.39 is 0 Å². The molecule has 0 aliphatic carbocycles. The summed E-state index contributed by atoms with van der Waals surface area (Å²) >= 11 is 7.56. The number of rotatable bonds is 4. The van der Waals surface area contributed by atoms with Gasteiger partial charge in [-0.1, -0.05) is 17.7 Å². The van der Waals surface area contributed by atoms with E-state index in [9.17, 15) is 4.79 Å². The predicted octanol–water partition coefficient (Wildman–Crippen LogP) is 5.39. The van der Waals surface area contributed by atoms with Gasteiger partial charge in [0, 0.05) is 45.9 Å². The summed E-state index contributed by atoms with van der Waals surface area (Å²) in [4.78, 5) is 21.8. The van der Waals surface area contributed by atoms with Crippen LogP contribution in [0.1, 0.15) is 5.69 Å². The topological polar surface area (TPSA) is 60.7 Å². The van der Waals surface area contributed by atoms with E-state index >= 15 is 0 Å². The lowest BCUT2D eigenvalue weighted by atomic mass is 10.1. The highest BCUT2D eigenvalue weighted by Crippen LogP contribution is 2.30. The minimum Gasteiger partial charge on any atom is -0.267 e. The maximum atomic E-state index is 13.1. The molecule has 0 spiro atoms. The van der Waals surface area contributed by atoms with Crippen molar-refractivity contribution in [1.29, 1.82) is 0 Å². The van der Waals surface area contributed by atoms with Crippen LogP contribution in [0.2, 0.25) is 5.02 Å². The molecule has 150 valence electrons. The van der Waals surface area contributed by atoms with E-state index in [1.165, 1.54) is 16.0 Å². The molecule has 0 saturated heterocycles. The zero-order chi connectivity index (χ0) is 19.8. The second-order valence-corrected chi connectivity index (χ2v) is 8.03. The van der Waals surface area contributed by atoms with Crippen molar-refractivity contribution in [3.63, 3.8) is 0 Å². The lowest BCUT2D eigenvalue weighted by molar-refractivity contribution is 0.580. The predicted molar refractivity (Wildman–Crippen MR) is 125 cm³/mol. The number of hydrogen-bond donors (Lipinski definition) is 0. The summed E-state index contributed by atoms with van der Waals surface area (Å²) in [5.41, 5.74) is 3.63. The van der Waals surface area contributed by atoms with E-state index in [-0.39, 0.29) is 18.0 Å². The molecule has 0 aliphatic rings. The van der Waals surface area contributed by atoms with Crippen molar-refractivity contribution in [2.75, 3.05) is 0 Å². The van der Waals surface area contributed by atoms with Crippen molar-refractivity contribution in [3.05, 3.63) is 87.5 Å². The Morgan fingerprint density at radius 3 is 2.73 bits per heavy atom. The number of hydrogen-bond acceptors (Lipinski definition) is 5. The first kappa shape index (κ1) is 20.5. The van der Waals surface area contributed by atoms with Crippen molar-refractivity contribution in [2.24, 2.45) is 0 Å². The number of aromatic nitrogens is 4. The summed E-state index contributed by atoms with van der Waals surface area (Å²) in [6, 6.07) is 13.4. The monoisotopic (exact) mass is 454 g/mol. The molecule has 0 radical (unpaired) electrons. The molecule has 4 aromatic heterocycles. The summed E-state index contributed by atoms with van der Waals surface area (Å²) in [7, 11) is 0.